The van der Waals surface area contributed by atoms with Crippen molar-refractivity contribution in [2.24, 2.45) is 11.8 Å². The predicted molar refractivity (Wildman–Crippen MR) is 134 cm³/mol. The van der Waals surface area contributed by atoms with E-state index in [1.807, 2.05) is 6.07 Å². The molecule has 1 N–H and O–H groups in total. The zero-order valence-corrected chi connectivity index (χ0v) is 21.0. The molecule has 0 unspecified atom stereocenters. The van der Waals surface area contributed by atoms with Crippen molar-refractivity contribution in [1.82, 2.24) is 9.97 Å². The fourth-order valence-electron chi connectivity index (χ4n) is 5.26. The van der Waals surface area contributed by atoms with Crippen LogP contribution < -0.4 is 10.2 Å². The molecule has 1 amide bonds. The maximum atomic E-state index is 13.1. The van der Waals surface area contributed by atoms with E-state index in [1.54, 1.807) is 6.07 Å². The van der Waals surface area contributed by atoms with E-state index in [-0.39, 0.29) is 11.6 Å². The van der Waals surface area contributed by atoms with Crippen molar-refractivity contribution < 1.29 is 27.1 Å². The summed E-state index contributed by atoms with van der Waals surface area (Å²) in [7, 11) is 0. The fraction of sp³-hybridized carbons (Fsp3) is 0.519. The number of benzene rings is 1. The van der Waals surface area contributed by atoms with Gasteiger partial charge in [0.25, 0.3) is 5.91 Å². The first-order valence-electron chi connectivity index (χ1n) is 12.8. The molecule has 0 bridgehead atoms. The molecule has 0 atom stereocenters. The van der Waals surface area contributed by atoms with Crippen molar-refractivity contribution in [3.05, 3.63) is 47.6 Å². The van der Waals surface area contributed by atoms with E-state index in [4.69, 9.17) is 14.1 Å². The lowest BCUT2D eigenvalue weighted by Crippen LogP contribution is -2.36. The number of morpholine rings is 1. The minimum absolute atomic E-state index is 0.251. The Morgan fingerprint density at radius 3 is 2.49 bits per heavy atom. The highest BCUT2D eigenvalue weighted by Gasteiger charge is 2.33. The van der Waals surface area contributed by atoms with Crippen molar-refractivity contribution in [2.45, 2.75) is 51.6 Å². The van der Waals surface area contributed by atoms with Crippen LogP contribution in [0.25, 0.3) is 11.1 Å². The second kappa shape index (κ2) is 10.3. The first kappa shape index (κ1) is 25.5. The predicted octanol–water partition coefficient (Wildman–Crippen LogP) is 6.26. The van der Waals surface area contributed by atoms with Crippen LogP contribution in [-0.2, 0) is 10.9 Å². The summed E-state index contributed by atoms with van der Waals surface area (Å²) < 4.78 is 51.0. The molecule has 1 saturated carbocycles. The smallest absolute Gasteiger partial charge is 0.433 e. The number of nitrogens with zero attached hydrogens (tertiary/aromatic N) is 3. The Balaban J connectivity index is 1.45. The summed E-state index contributed by atoms with van der Waals surface area (Å²) in [5.74, 6) is 1.61. The molecule has 198 valence electrons. The number of carbonyl (C=O) groups is 1. The van der Waals surface area contributed by atoms with E-state index in [2.05, 4.69) is 29.0 Å². The monoisotopic (exact) mass is 516 g/mol. The van der Waals surface area contributed by atoms with Gasteiger partial charge in [-0.25, -0.2) is 9.97 Å². The summed E-state index contributed by atoms with van der Waals surface area (Å²) >= 11 is 0. The number of ether oxygens (including phenoxy) is 1. The number of hydrogen-bond acceptors (Lipinski definition) is 6. The van der Waals surface area contributed by atoms with Crippen molar-refractivity contribution in [1.29, 1.82) is 0 Å². The van der Waals surface area contributed by atoms with Gasteiger partial charge in [-0.15, -0.1) is 0 Å². The molecule has 1 aliphatic carbocycles. The van der Waals surface area contributed by atoms with Gasteiger partial charge in [-0.2, -0.15) is 13.2 Å². The molecule has 1 aliphatic heterocycles. The first-order chi connectivity index (χ1) is 17.7. The average molecular weight is 517 g/mol. The van der Waals surface area contributed by atoms with Crippen LogP contribution in [0.4, 0.5) is 24.5 Å². The van der Waals surface area contributed by atoms with Crippen LogP contribution in [0.3, 0.4) is 0 Å². The second-order valence-corrected chi connectivity index (χ2v) is 10.2. The zero-order valence-electron chi connectivity index (χ0n) is 21.0. The lowest BCUT2D eigenvalue weighted by molar-refractivity contribution is -0.141. The number of rotatable bonds is 5. The summed E-state index contributed by atoms with van der Waals surface area (Å²) in [4.78, 5) is 23.4. The summed E-state index contributed by atoms with van der Waals surface area (Å²) in [6.45, 7) is 6.82. The van der Waals surface area contributed by atoms with E-state index in [1.165, 1.54) is 12.1 Å². The van der Waals surface area contributed by atoms with E-state index in [0.29, 0.717) is 54.9 Å². The topological polar surface area (TPSA) is 80.5 Å². The van der Waals surface area contributed by atoms with Gasteiger partial charge in [-0.05, 0) is 55.7 Å². The molecule has 37 heavy (non-hydrogen) atoms. The minimum atomic E-state index is -4.64. The maximum Gasteiger partial charge on any atom is 0.433 e. The number of carbonyl (C=O) groups excluding carboxylic acids is 1. The molecule has 2 aliphatic rings. The lowest BCUT2D eigenvalue weighted by Gasteiger charge is -2.30. The largest absolute Gasteiger partial charge is 0.440 e. The van der Waals surface area contributed by atoms with Gasteiger partial charge >= 0.3 is 6.18 Å². The highest BCUT2D eigenvalue weighted by Crippen LogP contribution is 2.40. The molecule has 1 saturated heterocycles. The van der Waals surface area contributed by atoms with E-state index in [9.17, 15) is 18.0 Å². The third-order valence-electron chi connectivity index (χ3n) is 7.46. The molecule has 2 aromatic heterocycles. The Kier molecular flexibility index (Phi) is 7.11. The fourth-order valence-corrected chi connectivity index (χ4v) is 5.26. The van der Waals surface area contributed by atoms with Crippen LogP contribution >= 0.6 is 0 Å². The van der Waals surface area contributed by atoms with E-state index >= 15 is 0 Å². The third kappa shape index (κ3) is 5.58. The van der Waals surface area contributed by atoms with Crippen molar-refractivity contribution in [2.75, 3.05) is 36.5 Å². The quantitative estimate of drug-likeness (QED) is 0.431. The maximum absolute atomic E-state index is 13.1. The molecule has 2 fully saturated rings. The van der Waals surface area contributed by atoms with Crippen LogP contribution in [0, 0.1) is 11.8 Å². The van der Waals surface area contributed by atoms with Gasteiger partial charge in [0, 0.05) is 25.1 Å². The molecule has 0 radical (unpaired) electrons. The van der Waals surface area contributed by atoms with Crippen LogP contribution in [0.15, 0.2) is 34.7 Å². The molecule has 1 aromatic carbocycles. The number of alkyl halides is 3. The SMILES string of the molecule is CC(C)C1CCC(c2nc3cc(N4CCOCC4)c(NC(=O)c4cccc(C(F)(F)F)n4)cc3o2)CC1. The Bertz CT molecular complexity index is 1260. The number of halogens is 3. The summed E-state index contributed by atoms with van der Waals surface area (Å²) in [5, 5.41) is 2.76. The Morgan fingerprint density at radius 1 is 1.08 bits per heavy atom. The molecule has 3 aromatic rings. The number of nitrogens with one attached hydrogen (secondary N) is 1. The Morgan fingerprint density at radius 2 is 1.81 bits per heavy atom. The number of hydrogen-bond donors (Lipinski definition) is 1. The number of anilines is 2. The highest BCUT2D eigenvalue weighted by atomic mass is 19.4. The van der Waals surface area contributed by atoms with Gasteiger partial charge in [0.05, 0.1) is 24.6 Å². The van der Waals surface area contributed by atoms with Gasteiger partial charge < -0.3 is 19.4 Å². The van der Waals surface area contributed by atoms with Crippen LogP contribution in [0.1, 0.15) is 67.5 Å². The van der Waals surface area contributed by atoms with Crippen molar-refractivity contribution >= 4 is 28.4 Å². The van der Waals surface area contributed by atoms with Crippen LogP contribution in [0.5, 0.6) is 0 Å². The minimum Gasteiger partial charge on any atom is -0.440 e. The second-order valence-electron chi connectivity index (χ2n) is 10.2. The Hall–Kier alpha value is -3.14. The summed E-state index contributed by atoms with van der Waals surface area (Å²) in [5.41, 5.74) is 0.950. The van der Waals surface area contributed by atoms with Gasteiger partial charge in [0.2, 0.25) is 0 Å². The highest BCUT2D eigenvalue weighted by molar-refractivity contribution is 6.06. The Labute approximate surface area is 213 Å². The summed E-state index contributed by atoms with van der Waals surface area (Å²) in [6, 6.07) is 6.86. The number of oxazole rings is 1. The van der Waals surface area contributed by atoms with Gasteiger partial charge in [0.1, 0.15) is 16.9 Å². The van der Waals surface area contributed by atoms with E-state index in [0.717, 1.165) is 43.4 Å². The normalized spacial score (nSPS) is 21.0. The average Bonchev–Trinajstić information content (AvgIpc) is 3.31. The molecule has 7 nitrogen and oxygen atoms in total. The van der Waals surface area contributed by atoms with Crippen molar-refractivity contribution in [3.8, 4) is 0 Å². The number of aromatic nitrogens is 2. The molecule has 3 heterocycles. The molecular formula is C27H31F3N4O3. The molecular weight excluding hydrogens is 485 g/mol. The summed E-state index contributed by atoms with van der Waals surface area (Å²) in [6.07, 6.45) is -0.303. The van der Waals surface area contributed by atoms with Gasteiger partial charge in [0.15, 0.2) is 11.5 Å². The van der Waals surface area contributed by atoms with Gasteiger partial charge in [-0.1, -0.05) is 19.9 Å². The number of amides is 1. The van der Waals surface area contributed by atoms with Crippen molar-refractivity contribution in [3.63, 3.8) is 0 Å². The molecule has 10 heteroatoms. The zero-order chi connectivity index (χ0) is 26.2. The lowest BCUT2D eigenvalue weighted by atomic mass is 9.77. The third-order valence-corrected chi connectivity index (χ3v) is 7.46. The van der Waals surface area contributed by atoms with Crippen LogP contribution in [-0.4, -0.2) is 42.2 Å². The standard InChI is InChI=1S/C27H31F3N4O3/c1-16(2)17-6-8-18(9-7-17)26-33-21-14-22(34-10-12-36-13-11-34)20(15-23(21)37-26)32-25(35)19-4-3-5-24(31-19)27(28,29)30/h3-5,14-18H,6-13H2,1-2H3,(H,32,35). The van der Waals surface area contributed by atoms with E-state index < -0.39 is 17.8 Å². The number of fused-ring (bicyclic) bond motifs is 1. The van der Waals surface area contributed by atoms with Gasteiger partial charge in [-0.3, -0.25) is 4.79 Å². The van der Waals surface area contributed by atoms with Crippen LogP contribution in [0.2, 0.25) is 0 Å². The number of pyridine rings is 1. The molecule has 5 rings (SSSR count). The molecule has 0 spiro atoms. The first-order valence-corrected chi connectivity index (χ1v) is 12.8.